The Morgan fingerprint density at radius 1 is 1.20 bits per heavy atom. The van der Waals surface area contributed by atoms with Crippen molar-refractivity contribution in [2.75, 3.05) is 0 Å². The Bertz CT molecular complexity index is 321. The van der Waals surface area contributed by atoms with Gasteiger partial charge in [0, 0.05) is 5.48 Å². The van der Waals surface area contributed by atoms with Crippen molar-refractivity contribution >= 4 is 5.97 Å². The topological polar surface area (TPSA) is 65.8 Å². The van der Waals surface area contributed by atoms with Gasteiger partial charge in [-0.15, -0.1) is 0 Å². The van der Waals surface area contributed by atoms with E-state index in [-0.39, 0.29) is 11.0 Å². The molecule has 1 rings (SSSR count). The quantitative estimate of drug-likeness (QED) is 0.830. The van der Waals surface area contributed by atoms with Gasteiger partial charge in [0.15, 0.2) is 5.92 Å². The SMILES string of the molecule is O=C(O)C(c1ccccc1)C(F)(F)F.[O]. The summed E-state index contributed by atoms with van der Waals surface area (Å²) < 4.78 is 36.8. The highest BCUT2D eigenvalue weighted by Crippen LogP contribution is 2.34. The van der Waals surface area contributed by atoms with Gasteiger partial charge in [0.05, 0.1) is 0 Å². The summed E-state index contributed by atoms with van der Waals surface area (Å²) in [5.74, 6) is -4.33. The number of rotatable bonds is 2. The van der Waals surface area contributed by atoms with E-state index in [2.05, 4.69) is 0 Å². The lowest BCUT2D eigenvalue weighted by Gasteiger charge is -2.15. The van der Waals surface area contributed by atoms with Crippen LogP contribution in [-0.4, -0.2) is 17.3 Å². The molecule has 0 aliphatic rings. The average Bonchev–Trinajstić information content (AvgIpc) is 2.02. The molecule has 1 aromatic rings. The normalized spacial score (nSPS) is 12.7. The third-order valence-corrected chi connectivity index (χ3v) is 1.71. The second-order valence-corrected chi connectivity index (χ2v) is 2.72. The molecule has 1 atom stereocenters. The Morgan fingerprint density at radius 2 is 1.67 bits per heavy atom. The van der Waals surface area contributed by atoms with Gasteiger partial charge in [0.25, 0.3) is 0 Å². The Morgan fingerprint density at radius 3 is 2.00 bits per heavy atom. The van der Waals surface area contributed by atoms with E-state index in [4.69, 9.17) is 5.11 Å². The second kappa shape index (κ2) is 4.79. The number of alkyl halides is 3. The molecule has 0 aliphatic heterocycles. The number of benzene rings is 1. The molecule has 1 unspecified atom stereocenters. The van der Waals surface area contributed by atoms with Crippen LogP contribution in [0.15, 0.2) is 30.3 Å². The number of halogens is 3. The highest BCUT2D eigenvalue weighted by molar-refractivity contribution is 5.77. The molecule has 0 spiro atoms. The number of hydrogen-bond donors (Lipinski definition) is 1. The van der Waals surface area contributed by atoms with Crippen LogP contribution >= 0.6 is 0 Å². The smallest absolute Gasteiger partial charge is 0.406 e. The van der Waals surface area contributed by atoms with Gasteiger partial charge in [-0.3, -0.25) is 4.79 Å². The molecule has 15 heavy (non-hydrogen) atoms. The molecule has 1 N–H and O–H groups in total. The number of carbonyl (C=O) groups is 1. The van der Waals surface area contributed by atoms with Crippen molar-refractivity contribution in [2.24, 2.45) is 0 Å². The summed E-state index contributed by atoms with van der Waals surface area (Å²) >= 11 is 0. The summed E-state index contributed by atoms with van der Waals surface area (Å²) in [6.07, 6.45) is -4.76. The van der Waals surface area contributed by atoms with Crippen LogP contribution in [0.1, 0.15) is 11.5 Å². The monoisotopic (exact) mass is 220 g/mol. The molecule has 1 aromatic carbocycles. The minimum absolute atomic E-state index is 0. The molecule has 2 radical (unpaired) electrons. The van der Waals surface area contributed by atoms with Gasteiger partial charge >= 0.3 is 12.1 Å². The predicted octanol–water partition coefficient (Wildman–Crippen LogP) is 2.30. The molecule has 0 aromatic heterocycles. The standard InChI is InChI=1S/C9H7F3O2.O/c10-9(11,12)7(8(13)14)6-4-2-1-3-5-6;/h1-5,7H,(H,13,14);. The van der Waals surface area contributed by atoms with Crippen molar-refractivity contribution in [3.63, 3.8) is 0 Å². The summed E-state index contributed by atoms with van der Waals surface area (Å²) in [4.78, 5) is 10.4. The van der Waals surface area contributed by atoms with Crippen LogP contribution in [0.3, 0.4) is 0 Å². The Labute approximate surface area is 83.5 Å². The summed E-state index contributed by atoms with van der Waals surface area (Å²) in [7, 11) is 0. The first-order valence-electron chi connectivity index (χ1n) is 3.77. The van der Waals surface area contributed by atoms with E-state index in [1.54, 1.807) is 0 Å². The van der Waals surface area contributed by atoms with Crippen LogP contribution in [0.5, 0.6) is 0 Å². The molecule has 0 bridgehead atoms. The summed E-state index contributed by atoms with van der Waals surface area (Å²) in [5.41, 5.74) is -0.257. The zero-order chi connectivity index (χ0) is 10.8. The lowest BCUT2D eigenvalue weighted by atomic mass is 9.99. The predicted molar refractivity (Wildman–Crippen MR) is 43.6 cm³/mol. The lowest BCUT2D eigenvalue weighted by Crippen LogP contribution is -2.28. The number of carboxylic acid groups (broad SMARTS) is 1. The first-order chi connectivity index (χ1) is 6.43. The van der Waals surface area contributed by atoms with E-state index in [0.717, 1.165) is 12.1 Å². The average molecular weight is 220 g/mol. The third kappa shape index (κ3) is 3.25. The van der Waals surface area contributed by atoms with Gasteiger partial charge in [0.2, 0.25) is 0 Å². The molecule has 0 saturated carbocycles. The fourth-order valence-electron chi connectivity index (χ4n) is 1.12. The minimum Gasteiger partial charge on any atom is -0.481 e. The first kappa shape index (κ1) is 13.4. The number of carboxylic acids is 1. The van der Waals surface area contributed by atoms with Gasteiger partial charge in [-0.1, -0.05) is 30.3 Å². The minimum atomic E-state index is -4.76. The lowest BCUT2D eigenvalue weighted by molar-refractivity contribution is -0.176. The van der Waals surface area contributed by atoms with E-state index in [1.165, 1.54) is 18.2 Å². The van der Waals surface area contributed by atoms with Crippen molar-refractivity contribution in [1.82, 2.24) is 0 Å². The maximum Gasteiger partial charge on any atom is 0.406 e. The molecule has 0 aliphatic carbocycles. The van der Waals surface area contributed by atoms with E-state index < -0.39 is 18.1 Å². The van der Waals surface area contributed by atoms with Crippen molar-refractivity contribution in [3.8, 4) is 0 Å². The van der Waals surface area contributed by atoms with Crippen molar-refractivity contribution < 1.29 is 28.5 Å². The Balaban J connectivity index is 0.00000196. The van der Waals surface area contributed by atoms with Crippen LogP contribution in [-0.2, 0) is 10.3 Å². The third-order valence-electron chi connectivity index (χ3n) is 1.71. The van der Waals surface area contributed by atoms with Crippen LogP contribution in [0.2, 0.25) is 0 Å². The first-order valence-corrected chi connectivity index (χ1v) is 3.77. The van der Waals surface area contributed by atoms with E-state index in [1.807, 2.05) is 0 Å². The van der Waals surface area contributed by atoms with Gasteiger partial charge in [-0.25, -0.2) is 0 Å². The highest BCUT2D eigenvalue weighted by atomic mass is 19.4. The van der Waals surface area contributed by atoms with Crippen LogP contribution in [0.25, 0.3) is 0 Å². The second-order valence-electron chi connectivity index (χ2n) is 2.72. The van der Waals surface area contributed by atoms with Crippen LogP contribution in [0, 0.1) is 0 Å². The van der Waals surface area contributed by atoms with Gasteiger partial charge in [-0.2, -0.15) is 13.2 Å². The summed E-state index contributed by atoms with van der Waals surface area (Å²) in [5, 5.41) is 8.44. The van der Waals surface area contributed by atoms with Gasteiger partial charge in [0.1, 0.15) is 0 Å². The maximum atomic E-state index is 12.3. The number of aliphatic carboxylic acids is 1. The fraction of sp³-hybridized carbons (Fsp3) is 0.222. The zero-order valence-corrected chi connectivity index (χ0v) is 7.36. The molecular weight excluding hydrogens is 213 g/mol. The molecule has 0 saturated heterocycles. The molecule has 0 amide bonds. The molecular formula is C9H7F3O3. The van der Waals surface area contributed by atoms with Gasteiger partial charge < -0.3 is 5.11 Å². The van der Waals surface area contributed by atoms with Gasteiger partial charge in [-0.05, 0) is 5.56 Å². The van der Waals surface area contributed by atoms with Crippen LogP contribution in [0.4, 0.5) is 13.2 Å². The summed E-state index contributed by atoms with van der Waals surface area (Å²) in [6.45, 7) is 0. The largest absolute Gasteiger partial charge is 0.481 e. The zero-order valence-electron chi connectivity index (χ0n) is 7.36. The van der Waals surface area contributed by atoms with Crippen molar-refractivity contribution in [2.45, 2.75) is 12.1 Å². The molecule has 82 valence electrons. The molecule has 0 fully saturated rings. The van der Waals surface area contributed by atoms with Crippen molar-refractivity contribution in [3.05, 3.63) is 35.9 Å². The van der Waals surface area contributed by atoms with E-state index >= 15 is 0 Å². The molecule has 6 heteroatoms. The van der Waals surface area contributed by atoms with E-state index in [9.17, 15) is 18.0 Å². The fourth-order valence-corrected chi connectivity index (χ4v) is 1.12. The molecule has 3 nitrogen and oxygen atoms in total. The van der Waals surface area contributed by atoms with Crippen molar-refractivity contribution in [1.29, 1.82) is 0 Å². The van der Waals surface area contributed by atoms with Crippen LogP contribution < -0.4 is 0 Å². The highest BCUT2D eigenvalue weighted by Gasteiger charge is 2.46. The van der Waals surface area contributed by atoms with E-state index in [0.29, 0.717) is 0 Å². The Hall–Kier alpha value is -1.56. The summed E-state index contributed by atoms with van der Waals surface area (Å²) in [6, 6.07) is 6.56. The Kier molecular flexibility index (Phi) is 4.29. The number of hydrogen-bond acceptors (Lipinski definition) is 1. The molecule has 0 heterocycles. The maximum absolute atomic E-state index is 12.3.